The maximum absolute atomic E-state index is 11.0. The predicted octanol–water partition coefficient (Wildman–Crippen LogP) is 0.0719. The van der Waals surface area contributed by atoms with Crippen LogP contribution in [0.5, 0.6) is 5.75 Å². The topological polar surface area (TPSA) is 100 Å². The first-order valence-electron chi connectivity index (χ1n) is 3.48. The van der Waals surface area contributed by atoms with Crippen LogP contribution in [-0.4, -0.2) is 19.6 Å². The van der Waals surface area contributed by atoms with Gasteiger partial charge in [0.05, 0.1) is 9.82 Å². The molecule has 1 aromatic rings. The molecule has 6 nitrogen and oxygen atoms in total. The summed E-state index contributed by atoms with van der Waals surface area (Å²) in [4.78, 5) is 9.17. The van der Waals surface area contributed by atoms with Gasteiger partial charge in [0, 0.05) is 12.3 Å². The molecule has 0 saturated heterocycles. The molecule has 0 saturated carbocycles. The van der Waals surface area contributed by atoms with Crippen LogP contribution in [0.3, 0.4) is 0 Å². The molecule has 0 spiro atoms. The zero-order valence-electron chi connectivity index (χ0n) is 7.13. The summed E-state index contributed by atoms with van der Waals surface area (Å²) in [7, 11) is -3.52. The first-order valence-corrected chi connectivity index (χ1v) is 5.37. The van der Waals surface area contributed by atoms with E-state index in [9.17, 15) is 23.6 Å². The van der Waals surface area contributed by atoms with Gasteiger partial charge in [-0.15, -0.1) is 0 Å². The van der Waals surface area contributed by atoms with E-state index in [1.54, 1.807) is 0 Å². The molecule has 0 aliphatic carbocycles. The van der Waals surface area contributed by atoms with Crippen LogP contribution in [0.1, 0.15) is 0 Å². The van der Waals surface area contributed by atoms with E-state index in [2.05, 4.69) is 0 Å². The van der Waals surface area contributed by atoms with Crippen LogP contribution >= 0.6 is 0 Å². The van der Waals surface area contributed by atoms with Crippen molar-refractivity contribution in [1.29, 1.82) is 0 Å². The van der Waals surface area contributed by atoms with Gasteiger partial charge in [0.15, 0.2) is 9.84 Å². The van der Waals surface area contributed by atoms with Crippen molar-refractivity contribution in [3.63, 3.8) is 0 Å². The number of hydrogen-bond donors (Lipinski definition) is 0. The normalized spacial score (nSPS) is 11.2. The van der Waals surface area contributed by atoms with E-state index in [4.69, 9.17) is 0 Å². The second kappa shape index (κ2) is 3.26. The summed E-state index contributed by atoms with van der Waals surface area (Å²) in [6.07, 6.45) is 0.913. The molecule has 76 valence electrons. The van der Waals surface area contributed by atoms with Crippen molar-refractivity contribution >= 4 is 15.5 Å². The fourth-order valence-corrected chi connectivity index (χ4v) is 1.51. The molecule has 0 N–H and O–H groups in total. The van der Waals surface area contributed by atoms with Gasteiger partial charge >= 0.3 is 0 Å². The van der Waals surface area contributed by atoms with Crippen LogP contribution in [0.25, 0.3) is 0 Å². The lowest BCUT2D eigenvalue weighted by atomic mass is 10.3. The van der Waals surface area contributed by atoms with Gasteiger partial charge < -0.3 is 5.11 Å². The molecule has 0 aliphatic heterocycles. The summed E-state index contributed by atoms with van der Waals surface area (Å²) in [5.74, 6) is -0.803. The van der Waals surface area contributed by atoms with Crippen molar-refractivity contribution in [2.75, 3.05) is 6.26 Å². The van der Waals surface area contributed by atoms with Gasteiger partial charge in [-0.2, -0.15) is 0 Å². The van der Waals surface area contributed by atoms with Crippen LogP contribution in [0.15, 0.2) is 23.1 Å². The van der Waals surface area contributed by atoms with Crippen LogP contribution in [-0.2, 0) is 9.84 Å². The number of nitro benzene ring substituents is 1. The van der Waals surface area contributed by atoms with E-state index < -0.39 is 26.2 Å². The first kappa shape index (κ1) is 10.5. The van der Waals surface area contributed by atoms with Gasteiger partial charge in [-0.25, -0.2) is 8.42 Å². The molecular weight excluding hydrogens is 210 g/mol. The number of nitro groups is 1. The zero-order valence-corrected chi connectivity index (χ0v) is 7.95. The Bertz CT molecular complexity index is 479. The van der Waals surface area contributed by atoms with Crippen molar-refractivity contribution in [2.45, 2.75) is 4.90 Å². The minimum Gasteiger partial charge on any atom is -0.868 e. The van der Waals surface area contributed by atoms with E-state index in [-0.39, 0.29) is 4.90 Å². The monoisotopic (exact) mass is 216 g/mol. The van der Waals surface area contributed by atoms with Crippen molar-refractivity contribution < 1.29 is 18.4 Å². The SMILES string of the molecule is CS(=O)(=O)c1ccc([O-])c([N+](=O)[O-])c1. The molecule has 0 fully saturated rings. The quantitative estimate of drug-likeness (QED) is 0.514. The smallest absolute Gasteiger partial charge is 0.263 e. The molecule has 0 aliphatic rings. The third-order valence-electron chi connectivity index (χ3n) is 1.56. The Morgan fingerprint density at radius 1 is 1.36 bits per heavy atom. The molecule has 0 atom stereocenters. The van der Waals surface area contributed by atoms with Crippen molar-refractivity contribution in [2.24, 2.45) is 0 Å². The second-order valence-corrected chi connectivity index (χ2v) is 4.67. The molecule has 0 amide bonds. The zero-order chi connectivity index (χ0) is 10.9. The van der Waals surface area contributed by atoms with Gasteiger partial charge in [0.25, 0.3) is 5.69 Å². The predicted molar refractivity (Wildman–Crippen MR) is 45.7 cm³/mol. The van der Waals surface area contributed by atoms with Crippen molar-refractivity contribution in [3.05, 3.63) is 28.3 Å². The van der Waals surface area contributed by atoms with Gasteiger partial charge in [0.1, 0.15) is 0 Å². The Morgan fingerprint density at radius 2 is 1.93 bits per heavy atom. The Hall–Kier alpha value is -1.63. The average Bonchev–Trinajstić information content (AvgIpc) is 2.02. The number of benzene rings is 1. The lowest BCUT2D eigenvalue weighted by Gasteiger charge is -2.06. The van der Waals surface area contributed by atoms with E-state index in [0.29, 0.717) is 0 Å². The van der Waals surface area contributed by atoms with Gasteiger partial charge in [-0.3, -0.25) is 10.1 Å². The average molecular weight is 216 g/mol. The summed E-state index contributed by atoms with van der Waals surface area (Å²) in [5.41, 5.74) is -0.729. The molecular formula is C7H6NO5S-. The highest BCUT2D eigenvalue weighted by Crippen LogP contribution is 2.25. The Balaban J connectivity index is 3.42. The first-order chi connectivity index (χ1) is 6.32. The van der Waals surface area contributed by atoms with Gasteiger partial charge in [-0.1, -0.05) is 6.07 Å². The van der Waals surface area contributed by atoms with Gasteiger partial charge in [-0.05, 0) is 11.8 Å². The van der Waals surface area contributed by atoms with Crippen LogP contribution in [0.2, 0.25) is 0 Å². The molecule has 0 aromatic heterocycles. The second-order valence-electron chi connectivity index (χ2n) is 2.66. The number of hydrogen-bond acceptors (Lipinski definition) is 5. The van der Waals surface area contributed by atoms with E-state index in [1.807, 2.05) is 0 Å². The highest BCUT2D eigenvalue weighted by Gasteiger charge is 2.13. The molecule has 0 unspecified atom stereocenters. The number of rotatable bonds is 2. The number of nitrogens with zero attached hydrogens (tertiary/aromatic N) is 1. The summed E-state index contributed by atoms with van der Waals surface area (Å²) in [5, 5.41) is 21.2. The summed E-state index contributed by atoms with van der Waals surface area (Å²) in [6.45, 7) is 0. The van der Waals surface area contributed by atoms with Crippen molar-refractivity contribution in [1.82, 2.24) is 0 Å². The minimum absolute atomic E-state index is 0.233. The largest absolute Gasteiger partial charge is 0.868 e. The molecule has 0 radical (unpaired) electrons. The molecule has 1 rings (SSSR count). The van der Waals surface area contributed by atoms with Crippen LogP contribution < -0.4 is 5.11 Å². The lowest BCUT2D eigenvalue weighted by Crippen LogP contribution is -2.02. The Morgan fingerprint density at radius 3 is 2.36 bits per heavy atom. The highest BCUT2D eigenvalue weighted by molar-refractivity contribution is 7.90. The Kier molecular flexibility index (Phi) is 2.43. The fraction of sp³-hybridized carbons (Fsp3) is 0.143. The molecule has 14 heavy (non-hydrogen) atoms. The minimum atomic E-state index is -3.52. The molecule has 1 aromatic carbocycles. The third kappa shape index (κ3) is 1.99. The summed E-state index contributed by atoms with van der Waals surface area (Å²) in [6, 6.07) is 2.68. The van der Waals surface area contributed by atoms with E-state index >= 15 is 0 Å². The lowest BCUT2D eigenvalue weighted by molar-refractivity contribution is -0.398. The van der Waals surface area contributed by atoms with E-state index in [1.165, 1.54) is 0 Å². The standard InChI is InChI=1S/C7H7NO5S/c1-14(12,13)5-2-3-7(9)6(4-5)8(10)11/h2-4,9H,1H3/p-1. The van der Waals surface area contributed by atoms with E-state index in [0.717, 1.165) is 24.5 Å². The molecule has 0 heterocycles. The fourth-order valence-electron chi connectivity index (χ4n) is 0.871. The van der Waals surface area contributed by atoms with Gasteiger partial charge in [0.2, 0.25) is 0 Å². The molecule has 7 heteroatoms. The number of sulfone groups is 1. The van der Waals surface area contributed by atoms with Crippen LogP contribution in [0, 0.1) is 10.1 Å². The van der Waals surface area contributed by atoms with Crippen LogP contribution in [0.4, 0.5) is 5.69 Å². The highest BCUT2D eigenvalue weighted by atomic mass is 32.2. The maximum atomic E-state index is 11.0. The maximum Gasteiger partial charge on any atom is 0.263 e. The molecule has 0 bridgehead atoms. The van der Waals surface area contributed by atoms with Crippen molar-refractivity contribution in [3.8, 4) is 5.75 Å². The Labute approximate surface area is 79.9 Å². The summed E-state index contributed by atoms with van der Waals surface area (Å²) >= 11 is 0. The summed E-state index contributed by atoms with van der Waals surface area (Å²) < 4.78 is 22.0. The third-order valence-corrected chi connectivity index (χ3v) is 2.67.